The molecule has 11 nitrogen and oxygen atoms in total. The van der Waals surface area contributed by atoms with Crippen molar-refractivity contribution in [1.82, 2.24) is 19.6 Å². The molecule has 3 N–H and O–H groups in total. The molecule has 0 saturated heterocycles. The molecule has 0 amide bonds. The normalized spacial score (nSPS) is 14.7. The highest BCUT2D eigenvalue weighted by Gasteiger charge is 2.36. The lowest BCUT2D eigenvalue weighted by atomic mass is 9.81. The van der Waals surface area contributed by atoms with Crippen LogP contribution >= 0.6 is 0 Å². The molecule has 1 unspecified atom stereocenters. The quantitative estimate of drug-likeness (QED) is 0.350. The molecule has 3 aromatic rings. The molecule has 3 heterocycles. The second-order valence-electron chi connectivity index (χ2n) is 7.75. The Labute approximate surface area is 191 Å². The lowest BCUT2D eigenvalue weighted by Gasteiger charge is -2.28. The number of nitrogens with one attached hydrogen (secondary N) is 1. The third-order valence-electron chi connectivity index (χ3n) is 5.41. The summed E-state index contributed by atoms with van der Waals surface area (Å²) in [6.07, 6.45) is 0. The highest BCUT2D eigenvalue weighted by Crippen LogP contribution is 2.44. The van der Waals surface area contributed by atoms with Gasteiger partial charge in [0.2, 0.25) is 0 Å². The lowest BCUT2D eigenvalue weighted by molar-refractivity contribution is -0.384. The van der Waals surface area contributed by atoms with Gasteiger partial charge in [-0.25, -0.2) is 4.79 Å². The van der Waals surface area contributed by atoms with Crippen LogP contribution in [0.3, 0.4) is 0 Å². The van der Waals surface area contributed by atoms with Crippen LogP contribution in [0, 0.1) is 24.0 Å². The number of ether oxygens (including phenoxy) is 1. The molecular weight excluding hydrogens is 426 g/mol. The highest BCUT2D eigenvalue weighted by atomic mass is 16.6. The maximum absolute atomic E-state index is 12.4. The Balaban J connectivity index is 0.000000323. The third kappa shape index (κ3) is 4.56. The number of anilines is 2. The number of nitrogens with zero attached hydrogens (tertiary/aromatic N) is 5. The van der Waals surface area contributed by atoms with Crippen LogP contribution in [0.2, 0.25) is 0 Å². The van der Waals surface area contributed by atoms with E-state index in [1.165, 1.54) is 19.2 Å². The molecule has 0 radical (unpaired) electrons. The fourth-order valence-corrected chi connectivity index (χ4v) is 3.94. The van der Waals surface area contributed by atoms with Crippen LogP contribution in [0.4, 0.5) is 17.3 Å². The topological polar surface area (TPSA) is 143 Å². The molecule has 0 bridgehead atoms. The molecule has 2 aromatic heterocycles. The summed E-state index contributed by atoms with van der Waals surface area (Å²) in [4.78, 5) is 23.1. The van der Waals surface area contributed by atoms with Gasteiger partial charge in [0.15, 0.2) is 0 Å². The van der Waals surface area contributed by atoms with Gasteiger partial charge in [-0.1, -0.05) is 12.1 Å². The number of non-ortho nitro benzene ring substituents is 1. The zero-order valence-electron chi connectivity index (χ0n) is 19.4. The Morgan fingerprint density at radius 1 is 1.18 bits per heavy atom. The van der Waals surface area contributed by atoms with Crippen LogP contribution in [-0.4, -0.2) is 37.6 Å². The molecule has 0 spiro atoms. The van der Waals surface area contributed by atoms with Crippen LogP contribution in [0.25, 0.3) is 0 Å². The van der Waals surface area contributed by atoms with Gasteiger partial charge in [-0.15, -0.1) is 0 Å². The Kier molecular flexibility index (Phi) is 6.52. The summed E-state index contributed by atoms with van der Waals surface area (Å²) in [5.41, 5.74) is 9.64. The number of allylic oxidation sites excluding steroid dienone is 1. The summed E-state index contributed by atoms with van der Waals surface area (Å²) in [6.45, 7) is 5.54. The minimum absolute atomic E-state index is 0.0269. The van der Waals surface area contributed by atoms with Crippen LogP contribution in [0.5, 0.6) is 0 Å². The van der Waals surface area contributed by atoms with Crippen molar-refractivity contribution in [3.63, 3.8) is 0 Å². The monoisotopic (exact) mass is 453 g/mol. The Morgan fingerprint density at radius 3 is 2.39 bits per heavy atom. The molecule has 0 aliphatic carbocycles. The van der Waals surface area contributed by atoms with Crippen LogP contribution < -0.4 is 11.1 Å². The summed E-state index contributed by atoms with van der Waals surface area (Å²) < 4.78 is 8.30. The number of carbonyl (C=O) groups excluding carboxylic acids is 1. The van der Waals surface area contributed by atoms with Crippen LogP contribution in [0.1, 0.15) is 35.4 Å². The molecule has 11 heteroatoms. The first kappa shape index (κ1) is 23.5. The van der Waals surface area contributed by atoms with Crippen molar-refractivity contribution >= 4 is 23.3 Å². The van der Waals surface area contributed by atoms with E-state index in [1.807, 2.05) is 27.0 Å². The van der Waals surface area contributed by atoms with Crippen LogP contribution in [-0.2, 0) is 23.6 Å². The van der Waals surface area contributed by atoms with Gasteiger partial charge in [-0.2, -0.15) is 10.2 Å². The fraction of sp³-hybridized carbons (Fsp3) is 0.318. The van der Waals surface area contributed by atoms with E-state index in [9.17, 15) is 14.9 Å². The smallest absolute Gasteiger partial charge is 0.336 e. The van der Waals surface area contributed by atoms with E-state index in [1.54, 1.807) is 35.5 Å². The first-order valence-electron chi connectivity index (χ1n) is 10.1. The number of aromatic nitrogens is 4. The SMILES string of the molecule is COC(=O)C1=C(C)Nc2c(c(C)nn2C)C1c1cccc([N+](=O)[O-])c1.Cc1cc(N)n(C)n1. The number of hydrogen-bond donors (Lipinski definition) is 2. The number of nitro groups is 1. The number of fused-ring (bicyclic) bond motifs is 1. The van der Waals surface area contributed by atoms with Crippen molar-refractivity contribution in [2.75, 3.05) is 18.2 Å². The first-order chi connectivity index (χ1) is 15.5. The predicted molar refractivity (Wildman–Crippen MR) is 124 cm³/mol. The number of esters is 1. The zero-order chi connectivity index (χ0) is 24.4. The summed E-state index contributed by atoms with van der Waals surface area (Å²) >= 11 is 0. The Morgan fingerprint density at radius 2 is 1.88 bits per heavy atom. The van der Waals surface area contributed by atoms with Crippen molar-refractivity contribution in [1.29, 1.82) is 0 Å². The number of aryl methyl sites for hydroxylation is 4. The molecule has 4 rings (SSSR count). The minimum Gasteiger partial charge on any atom is -0.466 e. The Bertz CT molecular complexity index is 1240. The lowest BCUT2D eigenvalue weighted by Crippen LogP contribution is -2.24. The van der Waals surface area contributed by atoms with Gasteiger partial charge in [-0.3, -0.25) is 19.5 Å². The maximum atomic E-state index is 12.4. The van der Waals surface area contributed by atoms with E-state index in [0.717, 1.165) is 22.8 Å². The molecular formula is C22H27N7O4. The van der Waals surface area contributed by atoms with Crippen molar-refractivity contribution < 1.29 is 14.5 Å². The van der Waals surface area contributed by atoms with Crippen molar-refractivity contribution in [2.45, 2.75) is 26.7 Å². The average Bonchev–Trinajstić information content (AvgIpc) is 3.22. The molecule has 0 saturated carbocycles. The molecule has 0 fully saturated rings. The molecule has 174 valence electrons. The van der Waals surface area contributed by atoms with E-state index in [4.69, 9.17) is 10.5 Å². The summed E-state index contributed by atoms with van der Waals surface area (Å²) in [5, 5.41) is 22.8. The molecule has 33 heavy (non-hydrogen) atoms. The van der Waals surface area contributed by atoms with Gasteiger partial charge in [0.05, 0.1) is 29.0 Å². The van der Waals surface area contributed by atoms with E-state index < -0.39 is 16.8 Å². The number of hydrogen-bond acceptors (Lipinski definition) is 8. The molecule has 1 aliphatic heterocycles. The summed E-state index contributed by atoms with van der Waals surface area (Å²) in [7, 11) is 4.95. The first-order valence-corrected chi connectivity index (χ1v) is 10.1. The molecule has 1 atom stereocenters. The van der Waals surface area contributed by atoms with Gasteiger partial charge in [0.25, 0.3) is 5.69 Å². The van der Waals surface area contributed by atoms with Crippen molar-refractivity contribution in [3.05, 3.63) is 74.2 Å². The summed E-state index contributed by atoms with van der Waals surface area (Å²) in [6, 6.07) is 8.14. The van der Waals surface area contributed by atoms with Crippen molar-refractivity contribution in [2.24, 2.45) is 14.1 Å². The average molecular weight is 454 g/mol. The number of rotatable bonds is 3. The van der Waals surface area contributed by atoms with Crippen LogP contribution in [0.15, 0.2) is 41.6 Å². The van der Waals surface area contributed by atoms with Gasteiger partial charge in [0, 0.05) is 49.5 Å². The fourth-order valence-electron chi connectivity index (χ4n) is 3.94. The van der Waals surface area contributed by atoms with Crippen molar-refractivity contribution in [3.8, 4) is 0 Å². The van der Waals surface area contributed by atoms with E-state index in [-0.39, 0.29) is 5.69 Å². The van der Waals surface area contributed by atoms with E-state index in [0.29, 0.717) is 22.7 Å². The summed E-state index contributed by atoms with van der Waals surface area (Å²) in [5.74, 6) is 0.509. The van der Waals surface area contributed by atoms with E-state index >= 15 is 0 Å². The van der Waals surface area contributed by atoms with Gasteiger partial charge in [-0.05, 0) is 26.3 Å². The predicted octanol–water partition coefficient (Wildman–Crippen LogP) is 2.95. The number of methoxy groups -OCH3 is 1. The zero-order valence-corrected chi connectivity index (χ0v) is 19.4. The highest BCUT2D eigenvalue weighted by molar-refractivity contribution is 5.94. The second-order valence-corrected chi connectivity index (χ2v) is 7.75. The Hall–Kier alpha value is -4.15. The van der Waals surface area contributed by atoms with Gasteiger partial charge < -0.3 is 15.8 Å². The minimum atomic E-state index is -0.489. The largest absolute Gasteiger partial charge is 0.466 e. The number of nitrogens with two attached hydrogens (primary N) is 1. The van der Waals surface area contributed by atoms with Gasteiger partial charge >= 0.3 is 5.97 Å². The third-order valence-corrected chi connectivity index (χ3v) is 5.41. The number of nitrogen functional groups attached to an aromatic ring is 1. The maximum Gasteiger partial charge on any atom is 0.336 e. The number of carbonyl (C=O) groups is 1. The molecule has 1 aromatic carbocycles. The van der Waals surface area contributed by atoms with E-state index in [2.05, 4.69) is 15.5 Å². The standard InChI is InChI=1S/C17H18N4O4.C5H9N3/c1-9-14(17(22)25-4)15(11-6-5-7-12(8-11)21(23)24)13-10(2)19-20(3)16(13)18-9;1-4-3-5(6)8(2)7-4/h5-8,15,18H,1-4H3;3H,6H2,1-2H3. The van der Waals surface area contributed by atoms with Gasteiger partial charge in [0.1, 0.15) is 11.6 Å². The second kappa shape index (κ2) is 9.15. The molecule has 1 aliphatic rings. The number of benzene rings is 1. The number of nitro benzene ring substituents is 1.